The summed E-state index contributed by atoms with van der Waals surface area (Å²) in [6, 6.07) is 7.27. The van der Waals surface area contributed by atoms with Crippen LogP contribution in [-0.2, 0) is 0 Å². The van der Waals surface area contributed by atoms with Gasteiger partial charge in [0, 0.05) is 18.2 Å². The van der Waals surface area contributed by atoms with Crippen molar-refractivity contribution in [1.29, 1.82) is 0 Å². The Labute approximate surface area is 115 Å². The van der Waals surface area contributed by atoms with Crippen LogP contribution in [0.3, 0.4) is 0 Å². The smallest absolute Gasteiger partial charge is 0.291 e. The van der Waals surface area contributed by atoms with E-state index in [1.165, 1.54) is 5.56 Å². The van der Waals surface area contributed by atoms with Gasteiger partial charge in [-0.3, -0.25) is 10.1 Å². The van der Waals surface area contributed by atoms with Crippen LogP contribution in [0.2, 0.25) is 0 Å². The number of non-ortho nitro benzene ring substituents is 1. The van der Waals surface area contributed by atoms with Crippen molar-refractivity contribution < 1.29 is 15.2 Å². The normalized spacial score (nSPS) is 21.4. The Morgan fingerprint density at radius 1 is 1.05 bits per heavy atom. The first-order valence-electron chi connectivity index (χ1n) is 6.23. The number of nitrogens with two attached hydrogens (primary N) is 1. The van der Waals surface area contributed by atoms with E-state index in [4.69, 9.17) is 21.1 Å². The fourth-order valence-electron chi connectivity index (χ4n) is 2.32. The highest BCUT2D eigenvalue weighted by Crippen LogP contribution is 2.32. The SMILES string of the molecule is NC1CCC(c2ccc([N+](=O)[O-])cc2)CC1.O=[N+]([O-])O. The molecule has 0 heterocycles. The van der Waals surface area contributed by atoms with Crippen molar-refractivity contribution in [2.24, 2.45) is 5.73 Å². The third kappa shape index (κ3) is 5.19. The molecule has 1 aliphatic rings. The molecule has 1 aromatic rings. The van der Waals surface area contributed by atoms with Crippen LogP contribution in [-0.4, -0.2) is 21.3 Å². The van der Waals surface area contributed by atoms with E-state index < -0.39 is 5.09 Å². The van der Waals surface area contributed by atoms with Gasteiger partial charge in [0.05, 0.1) is 4.92 Å². The highest BCUT2D eigenvalue weighted by molar-refractivity contribution is 5.34. The first-order valence-corrected chi connectivity index (χ1v) is 6.23. The number of nitro groups is 1. The molecule has 8 heteroatoms. The van der Waals surface area contributed by atoms with E-state index in [1.807, 2.05) is 12.1 Å². The fraction of sp³-hybridized carbons (Fsp3) is 0.500. The summed E-state index contributed by atoms with van der Waals surface area (Å²) in [4.78, 5) is 18.5. The molecule has 0 spiro atoms. The molecule has 0 radical (unpaired) electrons. The van der Waals surface area contributed by atoms with Gasteiger partial charge in [0.1, 0.15) is 0 Å². The Balaban J connectivity index is 0.000000444. The third-order valence-electron chi connectivity index (χ3n) is 3.35. The van der Waals surface area contributed by atoms with E-state index >= 15 is 0 Å². The molecule has 1 saturated carbocycles. The van der Waals surface area contributed by atoms with Gasteiger partial charge in [-0.25, -0.2) is 0 Å². The molecule has 1 aromatic carbocycles. The Morgan fingerprint density at radius 3 is 1.90 bits per heavy atom. The summed E-state index contributed by atoms with van der Waals surface area (Å²) in [5.74, 6) is 0.528. The van der Waals surface area contributed by atoms with E-state index in [-0.39, 0.29) is 10.6 Å². The summed E-state index contributed by atoms with van der Waals surface area (Å²) in [5.41, 5.74) is 7.22. The number of nitrogens with zero attached hydrogens (tertiary/aromatic N) is 2. The van der Waals surface area contributed by atoms with E-state index in [9.17, 15) is 10.1 Å². The first kappa shape index (κ1) is 15.8. The lowest BCUT2D eigenvalue weighted by atomic mass is 9.82. The maximum absolute atomic E-state index is 10.5. The summed E-state index contributed by atoms with van der Waals surface area (Å²) in [7, 11) is 0. The van der Waals surface area contributed by atoms with Crippen LogP contribution in [0, 0.1) is 20.2 Å². The Hall–Kier alpha value is -2.22. The predicted octanol–water partition coefficient (Wildman–Crippen LogP) is 2.23. The lowest BCUT2D eigenvalue weighted by molar-refractivity contribution is -0.742. The molecule has 3 N–H and O–H groups in total. The lowest BCUT2D eigenvalue weighted by Crippen LogP contribution is -2.25. The highest BCUT2D eigenvalue weighted by atomic mass is 16.9. The maximum atomic E-state index is 10.5. The van der Waals surface area contributed by atoms with Crippen molar-refractivity contribution in [3.63, 3.8) is 0 Å². The number of benzene rings is 1. The van der Waals surface area contributed by atoms with Crippen LogP contribution in [0.1, 0.15) is 37.2 Å². The van der Waals surface area contributed by atoms with Crippen molar-refractivity contribution >= 4 is 5.69 Å². The van der Waals surface area contributed by atoms with Crippen LogP contribution in [0.15, 0.2) is 24.3 Å². The lowest BCUT2D eigenvalue weighted by Gasteiger charge is -2.26. The first-order chi connectivity index (χ1) is 9.40. The minimum absolute atomic E-state index is 0.163. The van der Waals surface area contributed by atoms with Gasteiger partial charge >= 0.3 is 0 Å². The van der Waals surface area contributed by atoms with Crippen molar-refractivity contribution in [3.8, 4) is 0 Å². The quantitative estimate of drug-likeness (QED) is 0.631. The van der Waals surface area contributed by atoms with Gasteiger partial charge in [0.15, 0.2) is 0 Å². The maximum Gasteiger partial charge on any atom is 0.291 e. The zero-order valence-electron chi connectivity index (χ0n) is 10.8. The Morgan fingerprint density at radius 2 is 1.50 bits per heavy atom. The zero-order valence-corrected chi connectivity index (χ0v) is 10.8. The summed E-state index contributed by atoms with van der Waals surface area (Å²) in [6.45, 7) is 0. The van der Waals surface area contributed by atoms with Crippen molar-refractivity contribution in [3.05, 3.63) is 50.1 Å². The average Bonchev–Trinajstić information content (AvgIpc) is 2.39. The molecule has 0 bridgehead atoms. The summed E-state index contributed by atoms with van der Waals surface area (Å²) < 4.78 is 0. The Bertz CT molecular complexity index is 451. The van der Waals surface area contributed by atoms with Gasteiger partial charge in [-0.2, -0.15) is 0 Å². The molecule has 0 amide bonds. The molecular formula is C12H17N3O5. The molecule has 0 saturated heterocycles. The van der Waals surface area contributed by atoms with Crippen LogP contribution in [0.25, 0.3) is 0 Å². The molecule has 20 heavy (non-hydrogen) atoms. The summed E-state index contributed by atoms with van der Waals surface area (Å²) in [5, 5.41) is 24.2. The second-order valence-corrected chi connectivity index (χ2v) is 4.70. The van der Waals surface area contributed by atoms with Gasteiger partial charge in [-0.1, -0.05) is 12.1 Å². The molecule has 0 atom stereocenters. The number of hydrogen-bond acceptors (Lipinski definition) is 5. The molecule has 0 unspecified atom stereocenters. The molecular weight excluding hydrogens is 266 g/mol. The fourth-order valence-corrected chi connectivity index (χ4v) is 2.32. The molecule has 1 fully saturated rings. The topological polar surface area (TPSA) is 133 Å². The van der Waals surface area contributed by atoms with Crippen molar-refractivity contribution in [1.82, 2.24) is 0 Å². The highest BCUT2D eigenvalue weighted by Gasteiger charge is 2.20. The van der Waals surface area contributed by atoms with Crippen LogP contribution >= 0.6 is 0 Å². The molecule has 110 valence electrons. The molecule has 8 nitrogen and oxygen atoms in total. The number of rotatable bonds is 2. The van der Waals surface area contributed by atoms with E-state index in [1.54, 1.807) is 12.1 Å². The molecule has 2 rings (SSSR count). The molecule has 1 aliphatic carbocycles. The average molecular weight is 283 g/mol. The van der Waals surface area contributed by atoms with E-state index in [2.05, 4.69) is 0 Å². The van der Waals surface area contributed by atoms with Crippen LogP contribution < -0.4 is 5.73 Å². The van der Waals surface area contributed by atoms with Gasteiger partial charge in [0.25, 0.3) is 10.8 Å². The number of nitro benzene ring substituents is 1. The van der Waals surface area contributed by atoms with Gasteiger partial charge in [-0.15, -0.1) is 10.1 Å². The van der Waals surface area contributed by atoms with Crippen LogP contribution in [0.4, 0.5) is 5.69 Å². The zero-order chi connectivity index (χ0) is 15.1. The predicted molar refractivity (Wildman–Crippen MR) is 71.1 cm³/mol. The van der Waals surface area contributed by atoms with Gasteiger partial charge < -0.3 is 10.9 Å². The Kier molecular flexibility index (Phi) is 5.85. The number of hydrogen-bond donors (Lipinski definition) is 2. The largest absolute Gasteiger partial charge is 0.328 e. The van der Waals surface area contributed by atoms with Crippen molar-refractivity contribution in [2.75, 3.05) is 0 Å². The monoisotopic (exact) mass is 283 g/mol. The van der Waals surface area contributed by atoms with Gasteiger partial charge in [-0.05, 0) is 37.2 Å². The summed E-state index contributed by atoms with van der Waals surface area (Å²) >= 11 is 0. The van der Waals surface area contributed by atoms with E-state index in [0.717, 1.165) is 25.7 Å². The molecule has 0 aliphatic heterocycles. The molecule has 0 aromatic heterocycles. The standard InChI is InChI=1S/C12H16N2O2.HNO3/c13-11-5-1-9(2-6-11)10-3-7-12(8-4-10)14(15)16;2-1(3)4/h3-4,7-9,11H,1-2,5-6,13H2;(H,2,3,4). The van der Waals surface area contributed by atoms with Crippen LogP contribution in [0.5, 0.6) is 0 Å². The second-order valence-electron chi connectivity index (χ2n) is 4.70. The van der Waals surface area contributed by atoms with Crippen molar-refractivity contribution in [2.45, 2.75) is 37.6 Å². The van der Waals surface area contributed by atoms with Gasteiger partial charge in [0.2, 0.25) is 0 Å². The second kappa shape index (κ2) is 7.39. The van der Waals surface area contributed by atoms with E-state index in [0.29, 0.717) is 12.0 Å². The minimum atomic E-state index is -1.50. The third-order valence-corrected chi connectivity index (χ3v) is 3.35. The summed E-state index contributed by atoms with van der Waals surface area (Å²) in [6.07, 6.45) is 4.31. The minimum Gasteiger partial charge on any atom is -0.328 e.